The van der Waals surface area contributed by atoms with Crippen molar-refractivity contribution in [2.75, 3.05) is 31.6 Å². The summed E-state index contributed by atoms with van der Waals surface area (Å²) in [5, 5.41) is 2.89. The van der Waals surface area contributed by atoms with Gasteiger partial charge in [-0.3, -0.25) is 4.79 Å². The lowest BCUT2D eigenvalue weighted by molar-refractivity contribution is 0.102. The quantitative estimate of drug-likeness (QED) is 0.458. The Morgan fingerprint density at radius 3 is 2.07 bits per heavy atom. The summed E-state index contributed by atoms with van der Waals surface area (Å²) < 4.78 is 5.86. The first kappa shape index (κ1) is 22.0. The Balaban J connectivity index is 1.73. The lowest BCUT2D eigenvalue weighted by atomic mass is 10.2. The van der Waals surface area contributed by atoms with Gasteiger partial charge in [-0.05, 0) is 68.8 Å². The zero-order chi connectivity index (χ0) is 20.0. The second kappa shape index (κ2) is 12.9. The summed E-state index contributed by atoms with van der Waals surface area (Å²) >= 11 is 0. The van der Waals surface area contributed by atoms with Crippen LogP contribution in [0, 0.1) is 0 Å². The van der Waals surface area contributed by atoms with Gasteiger partial charge in [0.25, 0.3) is 5.91 Å². The predicted molar refractivity (Wildman–Crippen MR) is 117 cm³/mol. The Labute approximate surface area is 169 Å². The highest BCUT2D eigenvalue weighted by atomic mass is 16.5. The third-order valence-electron chi connectivity index (χ3n) is 4.69. The van der Waals surface area contributed by atoms with Gasteiger partial charge in [-0.25, -0.2) is 0 Å². The Morgan fingerprint density at radius 1 is 0.857 bits per heavy atom. The fraction of sp³-hybridized carbons (Fsp3) is 0.458. The highest BCUT2D eigenvalue weighted by Gasteiger charge is 2.07. The molecule has 4 nitrogen and oxygen atoms in total. The van der Waals surface area contributed by atoms with Gasteiger partial charge in [-0.1, -0.05) is 44.9 Å². The van der Waals surface area contributed by atoms with Crippen LogP contribution < -0.4 is 10.1 Å². The molecule has 2 aromatic carbocycles. The number of carbonyl (C=O) groups is 1. The van der Waals surface area contributed by atoms with Gasteiger partial charge in [0.05, 0.1) is 6.61 Å². The number of hydrogen-bond acceptors (Lipinski definition) is 3. The number of nitrogens with zero attached hydrogens (tertiary/aromatic N) is 1. The van der Waals surface area contributed by atoms with E-state index in [0.29, 0.717) is 12.2 Å². The molecule has 0 aliphatic heterocycles. The molecule has 4 heteroatoms. The number of carbonyl (C=O) groups excluding carboxylic acids is 1. The lowest BCUT2D eigenvalue weighted by Crippen LogP contribution is -2.28. The number of hydrogen-bond donors (Lipinski definition) is 1. The second-order valence-corrected chi connectivity index (χ2v) is 7.10. The first-order valence-corrected chi connectivity index (χ1v) is 10.5. The van der Waals surface area contributed by atoms with E-state index in [0.717, 1.165) is 24.4 Å². The maximum atomic E-state index is 12.3. The maximum absolute atomic E-state index is 12.3. The fourth-order valence-electron chi connectivity index (χ4n) is 3.00. The van der Waals surface area contributed by atoms with Gasteiger partial charge in [-0.15, -0.1) is 0 Å². The molecule has 0 bridgehead atoms. The van der Waals surface area contributed by atoms with Crippen LogP contribution in [-0.4, -0.2) is 37.0 Å². The first-order valence-electron chi connectivity index (χ1n) is 10.5. The number of ether oxygens (including phenoxy) is 1. The molecule has 0 saturated carbocycles. The third kappa shape index (κ3) is 8.13. The minimum Gasteiger partial charge on any atom is -0.494 e. The van der Waals surface area contributed by atoms with Crippen molar-refractivity contribution in [3.05, 3.63) is 60.2 Å². The predicted octanol–water partition coefficient (Wildman–Crippen LogP) is 5.61. The number of anilines is 1. The van der Waals surface area contributed by atoms with Crippen molar-refractivity contribution in [1.29, 1.82) is 0 Å². The molecule has 2 aromatic rings. The molecule has 0 atom stereocenters. The Bertz CT molecular complexity index is 663. The van der Waals surface area contributed by atoms with Gasteiger partial charge in [0, 0.05) is 17.8 Å². The number of benzene rings is 2. The Kier molecular flexibility index (Phi) is 10.2. The Morgan fingerprint density at radius 2 is 1.46 bits per heavy atom. The summed E-state index contributed by atoms with van der Waals surface area (Å²) in [5.41, 5.74) is 1.42. The monoisotopic (exact) mass is 382 g/mol. The summed E-state index contributed by atoms with van der Waals surface area (Å²) in [4.78, 5) is 14.8. The standard InChI is InChI=1S/C24H34N2O2/c1-3-5-17-26(18-6-4-2)19-10-20-28-23-15-13-21(14-16-23)24(27)25-22-11-8-7-9-12-22/h7-9,11-16H,3-6,10,17-20H2,1-2H3,(H,25,27). The molecular weight excluding hydrogens is 348 g/mol. The van der Waals surface area contributed by atoms with Crippen LogP contribution in [0.3, 0.4) is 0 Å². The molecule has 0 saturated heterocycles. The second-order valence-electron chi connectivity index (χ2n) is 7.10. The van der Waals surface area contributed by atoms with Gasteiger partial charge < -0.3 is 15.0 Å². The third-order valence-corrected chi connectivity index (χ3v) is 4.69. The normalized spacial score (nSPS) is 10.8. The highest BCUT2D eigenvalue weighted by Crippen LogP contribution is 2.14. The van der Waals surface area contributed by atoms with Gasteiger partial charge >= 0.3 is 0 Å². The lowest BCUT2D eigenvalue weighted by Gasteiger charge is -2.21. The topological polar surface area (TPSA) is 41.6 Å². The van der Waals surface area contributed by atoms with E-state index in [4.69, 9.17) is 4.74 Å². The molecule has 0 fully saturated rings. The molecule has 0 radical (unpaired) electrons. The highest BCUT2D eigenvalue weighted by molar-refractivity contribution is 6.04. The van der Waals surface area contributed by atoms with Crippen LogP contribution in [0.1, 0.15) is 56.3 Å². The summed E-state index contributed by atoms with van der Waals surface area (Å²) in [6, 6.07) is 16.8. The number of rotatable bonds is 13. The maximum Gasteiger partial charge on any atom is 0.255 e. The van der Waals surface area contributed by atoms with E-state index in [-0.39, 0.29) is 5.91 Å². The number of nitrogens with one attached hydrogen (secondary N) is 1. The van der Waals surface area contributed by atoms with Crippen LogP contribution >= 0.6 is 0 Å². The molecule has 0 aliphatic rings. The minimum atomic E-state index is -0.111. The van der Waals surface area contributed by atoms with E-state index >= 15 is 0 Å². The van der Waals surface area contributed by atoms with Crippen molar-refractivity contribution in [2.45, 2.75) is 46.0 Å². The molecule has 152 valence electrons. The molecule has 1 amide bonds. The smallest absolute Gasteiger partial charge is 0.255 e. The Hall–Kier alpha value is -2.33. The van der Waals surface area contributed by atoms with Crippen LogP contribution in [0.5, 0.6) is 5.75 Å². The van der Waals surface area contributed by atoms with E-state index < -0.39 is 0 Å². The average Bonchev–Trinajstić information content (AvgIpc) is 2.73. The number of unbranched alkanes of at least 4 members (excludes halogenated alkanes) is 2. The first-order chi connectivity index (χ1) is 13.7. The molecule has 2 rings (SSSR count). The molecule has 0 aromatic heterocycles. The largest absolute Gasteiger partial charge is 0.494 e. The van der Waals surface area contributed by atoms with Crippen molar-refractivity contribution in [2.24, 2.45) is 0 Å². The van der Waals surface area contributed by atoms with Gasteiger partial charge in [0.15, 0.2) is 0 Å². The van der Waals surface area contributed by atoms with E-state index in [2.05, 4.69) is 24.1 Å². The van der Waals surface area contributed by atoms with E-state index in [1.54, 1.807) is 0 Å². The van der Waals surface area contributed by atoms with E-state index in [1.165, 1.54) is 38.8 Å². The molecule has 0 spiro atoms. The van der Waals surface area contributed by atoms with Gasteiger partial charge in [0.2, 0.25) is 0 Å². The molecule has 0 aliphatic carbocycles. The van der Waals surface area contributed by atoms with Crippen LogP contribution in [0.25, 0.3) is 0 Å². The summed E-state index contributed by atoms with van der Waals surface area (Å²) in [7, 11) is 0. The minimum absolute atomic E-state index is 0.111. The van der Waals surface area contributed by atoms with Crippen molar-refractivity contribution < 1.29 is 9.53 Å². The summed E-state index contributed by atoms with van der Waals surface area (Å²) in [5.74, 6) is 0.699. The fourth-order valence-corrected chi connectivity index (χ4v) is 3.00. The molecule has 1 N–H and O–H groups in total. The molecule has 28 heavy (non-hydrogen) atoms. The van der Waals surface area contributed by atoms with Crippen LogP contribution in [0.2, 0.25) is 0 Å². The van der Waals surface area contributed by atoms with Gasteiger partial charge in [-0.2, -0.15) is 0 Å². The van der Waals surface area contributed by atoms with Crippen LogP contribution in [-0.2, 0) is 0 Å². The number of para-hydroxylation sites is 1. The number of amides is 1. The SMILES string of the molecule is CCCCN(CCCC)CCCOc1ccc(C(=O)Nc2ccccc2)cc1. The van der Waals surface area contributed by atoms with Crippen LogP contribution in [0.15, 0.2) is 54.6 Å². The van der Waals surface area contributed by atoms with Crippen LogP contribution in [0.4, 0.5) is 5.69 Å². The molecule has 0 unspecified atom stereocenters. The van der Waals surface area contributed by atoms with E-state index in [1.807, 2.05) is 54.6 Å². The summed E-state index contributed by atoms with van der Waals surface area (Å²) in [6.07, 6.45) is 6.02. The van der Waals surface area contributed by atoms with Crippen molar-refractivity contribution in [3.63, 3.8) is 0 Å². The van der Waals surface area contributed by atoms with Crippen molar-refractivity contribution in [1.82, 2.24) is 4.90 Å². The van der Waals surface area contributed by atoms with Crippen molar-refractivity contribution in [3.8, 4) is 5.75 Å². The van der Waals surface area contributed by atoms with Gasteiger partial charge in [0.1, 0.15) is 5.75 Å². The zero-order valence-electron chi connectivity index (χ0n) is 17.3. The molecular formula is C24H34N2O2. The summed E-state index contributed by atoms with van der Waals surface area (Å²) in [6.45, 7) is 8.63. The molecule has 0 heterocycles. The van der Waals surface area contributed by atoms with E-state index in [9.17, 15) is 4.79 Å². The zero-order valence-corrected chi connectivity index (χ0v) is 17.3. The average molecular weight is 383 g/mol. The van der Waals surface area contributed by atoms with Crippen molar-refractivity contribution >= 4 is 11.6 Å².